The Kier molecular flexibility index (Phi) is 6.10. The van der Waals surface area contributed by atoms with Gasteiger partial charge >= 0.3 is 5.97 Å². The van der Waals surface area contributed by atoms with E-state index in [1.54, 1.807) is 24.3 Å². The average molecular weight is 359 g/mol. The van der Waals surface area contributed by atoms with E-state index in [9.17, 15) is 19.7 Å². The molecule has 9 nitrogen and oxygen atoms in total. The second kappa shape index (κ2) is 8.47. The minimum absolute atomic E-state index is 0.0270. The predicted molar refractivity (Wildman–Crippen MR) is 94.5 cm³/mol. The van der Waals surface area contributed by atoms with Crippen molar-refractivity contribution in [3.05, 3.63) is 58.1 Å². The number of nitro groups is 1. The summed E-state index contributed by atoms with van der Waals surface area (Å²) in [6.45, 7) is -0.543. The number of nitrogens with one attached hydrogen (secondary N) is 2. The van der Waals surface area contributed by atoms with Crippen LogP contribution in [-0.4, -0.2) is 37.6 Å². The molecule has 0 saturated heterocycles. The van der Waals surface area contributed by atoms with Gasteiger partial charge in [-0.2, -0.15) is 0 Å². The van der Waals surface area contributed by atoms with Crippen molar-refractivity contribution in [1.29, 1.82) is 0 Å². The zero-order chi connectivity index (χ0) is 19.1. The van der Waals surface area contributed by atoms with E-state index in [2.05, 4.69) is 10.6 Å². The zero-order valence-corrected chi connectivity index (χ0v) is 14.1. The number of benzene rings is 2. The number of rotatable bonds is 7. The van der Waals surface area contributed by atoms with Crippen molar-refractivity contribution >= 4 is 28.9 Å². The molecule has 26 heavy (non-hydrogen) atoms. The van der Waals surface area contributed by atoms with Crippen LogP contribution in [0.15, 0.2) is 42.5 Å². The van der Waals surface area contributed by atoms with E-state index < -0.39 is 23.4 Å². The van der Waals surface area contributed by atoms with E-state index in [4.69, 9.17) is 9.47 Å². The molecule has 0 unspecified atom stereocenters. The Morgan fingerprint density at radius 1 is 1.15 bits per heavy atom. The number of para-hydroxylation sites is 2. The summed E-state index contributed by atoms with van der Waals surface area (Å²) in [6.07, 6.45) is 0. The fourth-order valence-electron chi connectivity index (χ4n) is 2.17. The summed E-state index contributed by atoms with van der Waals surface area (Å²) in [6, 6.07) is 10.6. The first-order valence-corrected chi connectivity index (χ1v) is 7.52. The normalized spacial score (nSPS) is 9.92. The van der Waals surface area contributed by atoms with Crippen molar-refractivity contribution in [2.75, 3.05) is 31.4 Å². The summed E-state index contributed by atoms with van der Waals surface area (Å²) in [7, 11) is 3.00. The Morgan fingerprint density at radius 2 is 1.88 bits per heavy atom. The number of methoxy groups -OCH3 is 1. The number of carbonyl (C=O) groups is 2. The van der Waals surface area contributed by atoms with Crippen LogP contribution in [0.2, 0.25) is 0 Å². The molecule has 2 rings (SSSR count). The number of ether oxygens (including phenoxy) is 2. The van der Waals surface area contributed by atoms with E-state index in [-0.39, 0.29) is 16.9 Å². The van der Waals surface area contributed by atoms with Gasteiger partial charge in [-0.25, -0.2) is 4.79 Å². The summed E-state index contributed by atoms with van der Waals surface area (Å²) < 4.78 is 10.0. The van der Waals surface area contributed by atoms with Crippen LogP contribution in [0, 0.1) is 10.1 Å². The van der Waals surface area contributed by atoms with Gasteiger partial charge in [0.1, 0.15) is 11.4 Å². The van der Waals surface area contributed by atoms with E-state index in [1.165, 1.54) is 26.3 Å². The number of hydrogen-bond donors (Lipinski definition) is 2. The average Bonchev–Trinajstić information content (AvgIpc) is 2.65. The van der Waals surface area contributed by atoms with Gasteiger partial charge < -0.3 is 20.1 Å². The van der Waals surface area contributed by atoms with Gasteiger partial charge in [0.05, 0.1) is 23.3 Å². The largest absolute Gasteiger partial charge is 0.495 e. The van der Waals surface area contributed by atoms with Crippen molar-refractivity contribution in [2.24, 2.45) is 0 Å². The maximum Gasteiger partial charge on any atom is 0.338 e. The Bertz CT molecular complexity index is 837. The minimum Gasteiger partial charge on any atom is -0.495 e. The van der Waals surface area contributed by atoms with E-state index >= 15 is 0 Å². The van der Waals surface area contributed by atoms with E-state index in [1.807, 2.05) is 0 Å². The highest BCUT2D eigenvalue weighted by atomic mass is 16.6. The van der Waals surface area contributed by atoms with E-state index in [0.29, 0.717) is 11.4 Å². The third-order valence-corrected chi connectivity index (χ3v) is 3.41. The molecule has 0 aliphatic carbocycles. The maximum atomic E-state index is 12.0. The first-order chi connectivity index (χ1) is 12.5. The summed E-state index contributed by atoms with van der Waals surface area (Å²) in [5.74, 6) is -0.944. The second-order valence-corrected chi connectivity index (χ2v) is 5.06. The number of amides is 1. The SMILES string of the molecule is CNc1ccc(C(=O)OCC(=O)Nc2ccccc2OC)cc1[N+](=O)[O-]. The monoisotopic (exact) mass is 359 g/mol. The summed E-state index contributed by atoms with van der Waals surface area (Å²) >= 11 is 0. The Morgan fingerprint density at radius 3 is 2.54 bits per heavy atom. The Hall–Kier alpha value is -3.62. The minimum atomic E-state index is -0.842. The van der Waals surface area contributed by atoms with Crippen LogP contribution in [0.1, 0.15) is 10.4 Å². The van der Waals surface area contributed by atoms with Gasteiger partial charge in [0.2, 0.25) is 0 Å². The Labute approximate surface area is 149 Å². The molecule has 0 aromatic heterocycles. The second-order valence-electron chi connectivity index (χ2n) is 5.06. The molecular weight excluding hydrogens is 342 g/mol. The van der Waals surface area contributed by atoms with Crippen LogP contribution >= 0.6 is 0 Å². The molecule has 0 aliphatic heterocycles. The molecule has 2 aromatic rings. The first kappa shape index (κ1) is 18.7. The molecule has 136 valence electrons. The van der Waals surface area contributed by atoms with Gasteiger partial charge in [-0.1, -0.05) is 12.1 Å². The molecule has 0 radical (unpaired) electrons. The standard InChI is InChI=1S/C17H17N3O6/c1-18-12-8-7-11(9-14(12)20(23)24)17(22)26-10-16(21)19-13-5-3-4-6-15(13)25-2/h3-9,18H,10H2,1-2H3,(H,19,21). The summed E-state index contributed by atoms with van der Waals surface area (Å²) in [5.41, 5.74) is 0.409. The predicted octanol–water partition coefficient (Wildman–Crippen LogP) is 2.44. The lowest BCUT2D eigenvalue weighted by Crippen LogP contribution is -2.21. The highest BCUT2D eigenvalue weighted by Gasteiger charge is 2.18. The third-order valence-electron chi connectivity index (χ3n) is 3.41. The van der Waals surface area contributed by atoms with E-state index in [0.717, 1.165) is 6.07 Å². The van der Waals surface area contributed by atoms with Crippen LogP contribution in [-0.2, 0) is 9.53 Å². The van der Waals surface area contributed by atoms with Crippen LogP contribution in [0.4, 0.5) is 17.1 Å². The van der Waals surface area contributed by atoms with Crippen molar-refractivity contribution in [3.63, 3.8) is 0 Å². The molecule has 0 heterocycles. The number of nitro benzene ring substituents is 1. The molecule has 9 heteroatoms. The fraction of sp³-hybridized carbons (Fsp3) is 0.176. The zero-order valence-electron chi connectivity index (χ0n) is 14.1. The van der Waals surface area contributed by atoms with Crippen molar-refractivity contribution in [2.45, 2.75) is 0 Å². The van der Waals surface area contributed by atoms with Crippen molar-refractivity contribution in [3.8, 4) is 5.75 Å². The fourth-order valence-corrected chi connectivity index (χ4v) is 2.17. The van der Waals surface area contributed by atoms with Crippen LogP contribution < -0.4 is 15.4 Å². The van der Waals surface area contributed by atoms with Gasteiger partial charge in [-0.15, -0.1) is 0 Å². The highest BCUT2D eigenvalue weighted by Crippen LogP contribution is 2.25. The highest BCUT2D eigenvalue weighted by molar-refractivity contribution is 5.96. The number of esters is 1. The molecule has 0 bridgehead atoms. The molecule has 0 atom stereocenters. The van der Waals surface area contributed by atoms with Crippen molar-refractivity contribution < 1.29 is 24.0 Å². The number of hydrogen-bond acceptors (Lipinski definition) is 7. The lowest BCUT2D eigenvalue weighted by atomic mass is 10.1. The molecule has 0 fully saturated rings. The summed E-state index contributed by atoms with van der Waals surface area (Å²) in [5, 5.41) is 16.2. The van der Waals surface area contributed by atoms with Gasteiger partial charge in [0.15, 0.2) is 6.61 Å². The molecule has 0 saturated carbocycles. The molecule has 0 aliphatic rings. The topological polar surface area (TPSA) is 120 Å². The number of carbonyl (C=O) groups excluding carboxylic acids is 2. The van der Waals surface area contributed by atoms with Crippen LogP contribution in [0.5, 0.6) is 5.75 Å². The van der Waals surface area contributed by atoms with Gasteiger partial charge in [0.25, 0.3) is 11.6 Å². The molecular formula is C17H17N3O6. The molecule has 1 amide bonds. The van der Waals surface area contributed by atoms with Gasteiger partial charge in [0, 0.05) is 13.1 Å². The lowest BCUT2D eigenvalue weighted by Gasteiger charge is -2.10. The maximum absolute atomic E-state index is 12.0. The lowest BCUT2D eigenvalue weighted by molar-refractivity contribution is -0.384. The number of nitrogens with zero attached hydrogens (tertiary/aromatic N) is 1. The van der Waals surface area contributed by atoms with Crippen molar-refractivity contribution in [1.82, 2.24) is 0 Å². The van der Waals surface area contributed by atoms with Gasteiger partial charge in [-0.3, -0.25) is 14.9 Å². The quantitative estimate of drug-likeness (QED) is 0.442. The smallest absolute Gasteiger partial charge is 0.338 e. The number of anilines is 2. The molecule has 2 aromatic carbocycles. The third kappa shape index (κ3) is 4.47. The van der Waals surface area contributed by atoms with Gasteiger partial charge in [-0.05, 0) is 24.3 Å². The molecule has 0 spiro atoms. The van der Waals surface area contributed by atoms with Crippen LogP contribution in [0.25, 0.3) is 0 Å². The molecule has 2 N–H and O–H groups in total. The first-order valence-electron chi connectivity index (χ1n) is 7.52. The van der Waals surface area contributed by atoms with Crippen LogP contribution in [0.3, 0.4) is 0 Å². The Balaban J connectivity index is 2.01. The summed E-state index contributed by atoms with van der Waals surface area (Å²) in [4.78, 5) is 34.4.